The number of sulfone groups is 1. The number of phenols is 1. The Morgan fingerprint density at radius 1 is 1.00 bits per heavy atom. The molecule has 2 aromatic carbocycles. The standard InChI is InChI=1S/C18H17N3O3S/c1-21(13-6-5-7-14(10-13)25(2,23)24)18-11-16(19-12-20-18)15-8-3-4-9-17(15)22/h3-12,22H,1-2H3. The molecule has 1 N–H and O–H groups in total. The van der Waals surface area contributed by atoms with Gasteiger partial charge in [0.2, 0.25) is 0 Å². The smallest absolute Gasteiger partial charge is 0.175 e. The molecule has 0 amide bonds. The normalized spacial score (nSPS) is 11.3. The molecule has 0 unspecified atom stereocenters. The number of hydrogen-bond donors (Lipinski definition) is 1. The molecule has 6 nitrogen and oxygen atoms in total. The van der Waals surface area contributed by atoms with Crippen LogP contribution in [0.3, 0.4) is 0 Å². The number of anilines is 2. The summed E-state index contributed by atoms with van der Waals surface area (Å²) in [5, 5.41) is 10.00. The van der Waals surface area contributed by atoms with Gasteiger partial charge in [-0.1, -0.05) is 18.2 Å². The minimum Gasteiger partial charge on any atom is -0.507 e. The van der Waals surface area contributed by atoms with Crippen molar-refractivity contribution in [3.8, 4) is 17.0 Å². The number of hydrogen-bond acceptors (Lipinski definition) is 6. The van der Waals surface area contributed by atoms with Gasteiger partial charge < -0.3 is 10.0 Å². The van der Waals surface area contributed by atoms with Crippen LogP contribution >= 0.6 is 0 Å². The maximum absolute atomic E-state index is 11.7. The Morgan fingerprint density at radius 2 is 1.76 bits per heavy atom. The summed E-state index contributed by atoms with van der Waals surface area (Å²) in [6.07, 6.45) is 2.58. The molecule has 3 rings (SSSR count). The number of nitrogens with zero attached hydrogens (tertiary/aromatic N) is 3. The maximum Gasteiger partial charge on any atom is 0.175 e. The van der Waals surface area contributed by atoms with Gasteiger partial charge in [0.25, 0.3) is 0 Å². The van der Waals surface area contributed by atoms with E-state index in [1.54, 1.807) is 60.5 Å². The van der Waals surface area contributed by atoms with Gasteiger partial charge in [0, 0.05) is 30.6 Å². The topological polar surface area (TPSA) is 83.4 Å². The van der Waals surface area contributed by atoms with Crippen molar-refractivity contribution in [1.82, 2.24) is 9.97 Å². The molecule has 0 aliphatic heterocycles. The highest BCUT2D eigenvalue weighted by Gasteiger charge is 2.13. The Balaban J connectivity index is 2.00. The Morgan fingerprint density at radius 3 is 2.48 bits per heavy atom. The largest absolute Gasteiger partial charge is 0.507 e. The van der Waals surface area contributed by atoms with Crippen LogP contribution < -0.4 is 4.90 Å². The second-order valence-corrected chi connectivity index (χ2v) is 7.62. The molecule has 0 aliphatic rings. The number of aromatic hydroxyl groups is 1. The van der Waals surface area contributed by atoms with Gasteiger partial charge in [0.15, 0.2) is 9.84 Å². The van der Waals surface area contributed by atoms with Gasteiger partial charge in [0.1, 0.15) is 17.9 Å². The molecule has 0 bridgehead atoms. The number of phenolic OH excluding ortho intramolecular Hbond substituents is 1. The molecule has 1 heterocycles. The van der Waals surface area contributed by atoms with E-state index in [1.807, 2.05) is 6.07 Å². The fourth-order valence-corrected chi connectivity index (χ4v) is 3.08. The van der Waals surface area contributed by atoms with Gasteiger partial charge in [-0.3, -0.25) is 0 Å². The third-order valence-corrected chi connectivity index (χ3v) is 4.92. The first-order chi connectivity index (χ1) is 11.9. The van der Waals surface area contributed by atoms with Crippen LogP contribution in [0.2, 0.25) is 0 Å². The summed E-state index contributed by atoms with van der Waals surface area (Å²) in [4.78, 5) is 10.5. The third kappa shape index (κ3) is 3.61. The minimum atomic E-state index is -3.29. The monoisotopic (exact) mass is 355 g/mol. The number of aromatic nitrogens is 2. The number of para-hydroxylation sites is 1. The lowest BCUT2D eigenvalue weighted by Gasteiger charge is -2.19. The van der Waals surface area contributed by atoms with Gasteiger partial charge in [-0.2, -0.15) is 0 Å². The van der Waals surface area contributed by atoms with Crippen molar-refractivity contribution < 1.29 is 13.5 Å². The highest BCUT2D eigenvalue weighted by molar-refractivity contribution is 7.90. The number of rotatable bonds is 4. The van der Waals surface area contributed by atoms with Crippen LogP contribution in [0.25, 0.3) is 11.3 Å². The molecule has 0 spiro atoms. The van der Waals surface area contributed by atoms with E-state index in [-0.39, 0.29) is 10.6 Å². The first kappa shape index (κ1) is 16.9. The van der Waals surface area contributed by atoms with E-state index in [2.05, 4.69) is 9.97 Å². The molecule has 1 aromatic heterocycles. The maximum atomic E-state index is 11.7. The lowest BCUT2D eigenvalue weighted by Crippen LogP contribution is -2.12. The molecular formula is C18H17N3O3S. The predicted molar refractivity (Wildman–Crippen MR) is 96.7 cm³/mol. The van der Waals surface area contributed by atoms with E-state index in [0.29, 0.717) is 22.8 Å². The first-order valence-electron chi connectivity index (χ1n) is 7.50. The molecule has 0 fully saturated rings. The molecule has 0 radical (unpaired) electrons. The van der Waals surface area contributed by atoms with Crippen LogP contribution in [-0.4, -0.2) is 36.8 Å². The predicted octanol–water partition coefficient (Wildman–Crippen LogP) is 3.02. The molecule has 0 saturated heterocycles. The van der Waals surface area contributed by atoms with Gasteiger partial charge in [-0.25, -0.2) is 18.4 Å². The zero-order valence-corrected chi connectivity index (χ0v) is 14.6. The van der Waals surface area contributed by atoms with Gasteiger partial charge in [-0.05, 0) is 30.3 Å². The van der Waals surface area contributed by atoms with E-state index in [0.717, 1.165) is 0 Å². The Labute approximate surface area is 146 Å². The van der Waals surface area contributed by atoms with Crippen LogP contribution in [0.4, 0.5) is 11.5 Å². The second-order valence-electron chi connectivity index (χ2n) is 5.61. The first-order valence-corrected chi connectivity index (χ1v) is 9.39. The lowest BCUT2D eigenvalue weighted by atomic mass is 10.1. The van der Waals surface area contributed by atoms with Crippen LogP contribution in [0.15, 0.2) is 65.8 Å². The van der Waals surface area contributed by atoms with Gasteiger partial charge >= 0.3 is 0 Å². The van der Waals surface area contributed by atoms with E-state index in [9.17, 15) is 13.5 Å². The summed E-state index contributed by atoms with van der Waals surface area (Å²) < 4.78 is 23.5. The molecule has 7 heteroatoms. The van der Waals surface area contributed by atoms with Crippen LogP contribution in [0.1, 0.15) is 0 Å². The van der Waals surface area contributed by atoms with Crippen molar-refractivity contribution in [2.75, 3.05) is 18.2 Å². The zero-order chi connectivity index (χ0) is 18.0. The van der Waals surface area contributed by atoms with E-state index >= 15 is 0 Å². The highest BCUT2D eigenvalue weighted by atomic mass is 32.2. The highest BCUT2D eigenvalue weighted by Crippen LogP contribution is 2.30. The van der Waals surface area contributed by atoms with E-state index in [4.69, 9.17) is 0 Å². The zero-order valence-electron chi connectivity index (χ0n) is 13.8. The van der Waals surface area contributed by atoms with Crippen LogP contribution in [0, 0.1) is 0 Å². The number of benzene rings is 2. The fourth-order valence-electron chi connectivity index (χ4n) is 2.42. The van der Waals surface area contributed by atoms with Crippen molar-refractivity contribution >= 4 is 21.3 Å². The Hall–Kier alpha value is -2.93. The molecular weight excluding hydrogens is 338 g/mol. The Bertz CT molecular complexity index is 1020. The van der Waals surface area contributed by atoms with Crippen molar-refractivity contribution in [2.24, 2.45) is 0 Å². The average molecular weight is 355 g/mol. The van der Waals surface area contributed by atoms with Crippen LogP contribution in [-0.2, 0) is 9.84 Å². The average Bonchev–Trinajstić information content (AvgIpc) is 2.61. The molecule has 128 valence electrons. The summed E-state index contributed by atoms with van der Waals surface area (Å²) in [7, 11) is -1.50. The summed E-state index contributed by atoms with van der Waals surface area (Å²) >= 11 is 0. The molecule has 0 saturated carbocycles. The molecule has 25 heavy (non-hydrogen) atoms. The Kier molecular flexibility index (Phi) is 4.41. The van der Waals surface area contributed by atoms with Crippen molar-refractivity contribution in [1.29, 1.82) is 0 Å². The summed E-state index contributed by atoms with van der Waals surface area (Å²) in [6.45, 7) is 0. The van der Waals surface area contributed by atoms with E-state index < -0.39 is 9.84 Å². The molecule has 0 aliphatic carbocycles. The molecule has 0 atom stereocenters. The van der Waals surface area contributed by atoms with Crippen molar-refractivity contribution in [3.05, 3.63) is 60.9 Å². The van der Waals surface area contributed by atoms with Gasteiger partial charge in [-0.15, -0.1) is 0 Å². The van der Waals surface area contributed by atoms with Gasteiger partial charge in [0.05, 0.1) is 10.6 Å². The summed E-state index contributed by atoms with van der Waals surface area (Å²) in [5.74, 6) is 0.716. The lowest BCUT2D eigenvalue weighted by molar-refractivity contribution is 0.477. The van der Waals surface area contributed by atoms with E-state index in [1.165, 1.54) is 12.6 Å². The minimum absolute atomic E-state index is 0.133. The fraction of sp³-hybridized carbons (Fsp3) is 0.111. The molecule has 3 aromatic rings. The quantitative estimate of drug-likeness (QED) is 0.774. The van der Waals surface area contributed by atoms with Crippen LogP contribution in [0.5, 0.6) is 5.75 Å². The summed E-state index contributed by atoms with van der Waals surface area (Å²) in [6, 6.07) is 15.3. The SMILES string of the molecule is CN(c1cccc(S(C)(=O)=O)c1)c1cc(-c2ccccc2O)ncn1. The van der Waals surface area contributed by atoms with Crippen molar-refractivity contribution in [2.45, 2.75) is 4.90 Å². The third-order valence-electron chi connectivity index (χ3n) is 3.81. The van der Waals surface area contributed by atoms with Crippen molar-refractivity contribution in [3.63, 3.8) is 0 Å². The second kappa shape index (κ2) is 6.52. The summed E-state index contributed by atoms with van der Waals surface area (Å²) in [5.41, 5.74) is 1.86.